The van der Waals surface area contributed by atoms with E-state index in [1.807, 2.05) is 0 Å². The molecule has 4 heterocycles. The summed E-state index contributed by atoms with van der Waals surface area (Å²) in [5, 5.41) is 12.7. The minimum absolute atomic E-state index is 0.0529. The van der Waals surface area contributed by atoms with Gasteiger partial charge in [-0.1, -0.05) is 0 Å². The summed E-state index contributed by atoms with van der Waals surface area (Å²) in [6.45, 7) is 6.04. The number of nitrogen functional groups attached to an aromatic ring is 1. The number of carbonyl (C=O) groups is 2. The molecule has 2 amide bonds. The number of amides is 2. The van der Waals surface area contributed by atoms with Gasteiger partial charge in [-0.25, -0.2) is 15.0 Å². The van der Waals surface area contributed by atoms with Gasteiger partial charge in [0, 0.05) is 52.4 Å². The van der Waals surface area contributed by atoms with Crippen LogP contribution in [-0.4, -0.2) is 101 Å². The van der Waals surface area contributed by atoms with Crippen molar-refractivity contribution in [2.24, 2.45) is 0 Å². The van der Waals surface area contributed by atoms with Crippen LogP contribution in [0.3, 0.4) is 0 Å². The van der Waals surface area contributed by atoms with Gasteiger partial charge < -0.3 is 36.6 Å². The number of rotatable bonds is 4. The van der Waals surface area contributed by atoms with E-state index in [9.17, 15) is 9.59 Å². The normalized spacial score (nSPS) is 23.1. The third kappa shape index (κ3) is 5.93. The molecule has 0 saturated carbocycles. The lowest BCUT2D eigenvalue weighted by molar-refractivity contribution is -0.138. The molecule has 0 radical (unpaired) electrons. The van der Waals surface area contributed by atoms with Crippen LogP contribution in [0, 0.1) is 0 Å². The van der Waals surface area contributed by atoms with Crippen molar-refractivity contribution in [1.82, 2.24) is 45.7 Å². The topological polar surface area (TPSA) is 164 Å². The second-order valence-electron chi connectivity index (χ2n) is 8.09. The number of aromatic nitrogens is 4. The molecule has 2 atom stereocenters. The van der Waals surface area contributed by atoms with Gasteiger partial charge in [0.05, 0.1) is 12.9 Å². The first-order chi connectivity index (χ1) is 16.1. The third-order valence-electron chi connectivity index (χ3n) is 5.83. The van der Waals surface area contributed by atoms with Gasteiger partial charge >= 0.3 is 0 Å². The fourth-order valence-electron chi connectivity index (χ4n) is 4.00. The Labute approximate surface area is 191 Å². The van der Waals surface area contributed by atoms with E-state index in [1.165, 1.54) is 6.33 Å². The van der Waals surface area contributed by atoms with Gasteiger partial charge in [0.1, 0.15) is 24.2 Å². The van der Waals surface area contributed by atoms with Crippen LogP contribution in [0.4, 0.5) is 5.82 Å². The molecule has 0 bridgehead atoms. The highest BCUT2D eigenvalue weighted by Gasteiger charge is 2.33. The van der Waals surface area contributed by atoms with Crippen molar-refractivity contribution in [2.75, 3.05) is 64.6 Å². The van der Waals surface area contributed by atoms with E-state index in [1.54, 1.807) is 15.8 Å². The largest absolute Gasteiger partial charge is 0.382 e. The standard InChI is InChI=1S/C20H32N10O3/c21-18-17-19(27-12-26-18)30(13-28-17)16-2-1-14(33-16)20(32)25-11-15(31)29-9-7-23-5-3-22-4-6-24-8-10-29/h12-14,16,22-24H,1-11H2,(H,25,32)(H2,21,26,27)/t14-,16+/m0/s1. The van der Waals surface area contributed by atoms with E-state index in [0.717, 1.165) is 26.2 Å². The Kier molecular flexibility index (Phi) is 7.99. The zero-order valence-corrected chi connectivity index (χ0v) is 18.6. The summed E-state index contributed by atoms with van der Waals surface area (Å²) in [6, 6.07) is 0. The van der Waals surface area contributed by atoms with Gasteiger partial charge in [-0.15, -0.1) is 0 Å². The quantitative estimate of drug-likeness (QED) is 0.339. The summed E-state index contributed by atoms with van der Waals surface area (Å²) in [6.07, 6.45) is 3.12. The van der Waals surface area contributed by atoms with Gasteiger partial charge in [0.15, 0.2) is 11.5 Å². The monoisotopic (exact) mass is 460 g/mol. The van der Waals surface area contributed by atoms with E-state index >= 15 is 0 Å². The van der Waals surface area contributed by atoms with Crippen LogP contribution in [0.5, 0.6) is 0 Å². The Morgan fingerprint density at radius 3 is 2.45 bits per heavy atom. The molecule has 0 unspecified atom stereocenters. The molecule has 6 N–H and O–H groups in total. The summed E-state index contributed by atoms with van der Waals surface area (Å²) < 4.78 is 7.71. The van der Waals surface area contributed by atoms with Gasteiger partial charge in [-0.2, -0.15) is 0 Å². The third-order valence-corrected chi connectivity index (χ3v) is 5.83. The first-order valence-corrected chi connectivity index (χ1v) is 11.4. The Morgan fingerprint density at radius 1 is 1.03 bits per heavy atom. The molecule has 13 nitrogen and oxygen atoms in total. The first-order valence-electron chi connectivity index (χ1n) is 11.4. The van der Waals surface area contributed by atoms with Gasteiger partial charge in [-0.3, -0.25) is 14.2 Å². The molecular formula is C20H32N10O3. The van der Waals surface area contributed by atoms with Crippen LogP contribution in [-0.2, 0) is 14.3 Å². The van der Waals surface area contributed by atoms with Gasteiger partial charge in [0.25, 0.3) is 0 Å². The summed E-state index contributed by atoms with van der Waals surface area (Å²) in [7, 11) is 0. The summed E-state index contributed by atoms with van der Waals surface area (Å²) in [5.41, 5.74) is 6.92. The lowest BCUT2D eigenvalue weighted by Gasteiger charge is -2.24. The number of fused-ring (bicyclic) bond motifs is 1. The SMILES string of the molecule is Nc1ncnc2c1ncn2[C@H]1CC[C@@H](C(=O)NCC(=O)N2CCNCCNCCNCC2)O1. The average molecular weight is 461 g/mol. The lowest BCUT2D eigenvalue weighted by Crippen LogP contribution is -2.48. The maximum atomic E-state index is 12.7. The molecule has 33 heavy (non-hydrogen) atoms. The minimum atomic E-state index is -0.637. The van der Waals surface area contributed by atoms with Gasteiger partial charge in [0.2, 0.25) is 11.8 Å². The molecule has 2 aromatic heterocycles. The zero-order chi connectivity index (χ0) is 23.0. The van der Waals surface area contributed by atoms with Crippen molar-refractivity contribution in [3.05, 3.63) is 12.7 Å². The molecule has 2 fully saturated rings. The van der Waals surface area contributed by atoms with E-state index in [-0.39, 0.29) is 24.6 Å². The summed E-state index contributed by atoms with van der Waals surface area (Å²) in [5.74, 6) is -0.0983. The molecule has 0 aromatic carbocycles. The van der Waals surface area contributed by atoms with Crippen molar-refractivity contribution in [3.8, 4) is 0 Å². The molecular weight excluding hydrogens is 428 g/mol. The van der Waals surface area contributed by atoms with E-state index in [2.05, 4.69) is 36.2 Å². The number of imidazole rings is 1. The second kappa shape index (κ2) is 11.3. The molecule has 0 aliphatic carbocycles. The molecule has 2 saturated heterocycles. The highest BCUT2D eigenvalue weighted by molar-refractivity contribution is 5.87. The Hall–Kier alpha value is -2.87. The van der Waals surface area contributed by atoms with Crippen LogP contribution < -0.4 is 27.0 Å². The van der Waals surface area contributed by atoms with Crippen LogP contribution >= 0.6 is 0 Å². The van der Waals surface area contributed by atoms with Crippen molar-refractivity contribution < 1.29 is 14.3 Å². The highest BCUT2D eigenvalue weighted by atomic mass is 16.5. The number of ether oxygens (including phenoxy) is 1. The van der Waals surface area contributed by atoms with Crippen LogP contribution in [0.1, 0.15) is 19.1 Å². The summed E-state index contributed by atoms with van der Waals surface area (Å²) in [4.78, 5) is 39.6. The van der Waals surface area contributed by atoms with Crippen LogP contribution in [0.25, 0.3) is 11.2 Å². The van der Waals surface area contributed by atoms with E-state index in [0.29, 0.717) is 56.0 Å². The fourth-order valence-corrected chi connectivity index (χ4v) is 4.00. The highest BCUT2D eigenvalue weighted by Crippen LogP contribution is 2.31. The lowest BCUT2D eigenvalue weighted by atomic mass is 10.2. The molecule has 2 aliphatic heterocycles. The zero-order valence-electron chi connectivity index (χ0n) is 18.6. The van der Waals surface area contributed by atoms with Crippen LogP contribution in [0.2, 0.25) is 0 Å². The molecule has 180 valence electrons. The van der Waals surface area contributed by atoms with E-state index in [4.69, 9.17) is 10.5 Å². The number of anilines is 1. The summed E-state index contributed by atoms with van der Waals surface area (Å²) >= 11 is 0. The number of nitrogens with one attached hydrogen (secondary N) is 4. The molecule has 2 aliphatic rings. The minimum Gasteiger partial charge on any atom is -0.382 e. The molecule has 2 aromatic rings. The molecule has 4 rings (SSSR count). The second-order valence-corrected chi connectivity index (χ2v) is 8.09. The average Bonchev–Trinajstić information content (AvgIpc) is 3.45. The van der Waals surface area contributed by atoms with Gasteiger partial charge in [-0.05, 0) is 12.8 Å². The molecule has 13 heteroatoms. The molecule has 0 spiro atoms. The fraction of sp³-hybridized carbons (Fsp3) is 0.650. The smallest absolute Gasteiger partial charge is 0.249 e. The van der Waals surface area contributed by atoms with Crippen molar-refractivity contribution in [3.63, 3.8) is 0 Å². The Bertz CT molecular complexity index is 939. The van der Waals surface area contributed by atoms with Crippen molar-refractivity contribution >= 4 is 28.8 Å². The number of hydrogen-bond acceptors (Lipinski definition) is 10. The van der Waals surface area contributed by atoms with Crippen LogP contribution in [0.15, 0.2) is 12.7 Å². The number of hydrogen-bond donors (Lipinski definition) is 5. The van der Waals surface area contributed by atoms with Crippen molar-refractivity contribution in [2.45, 2.75) is 25.2 Å². The predicted molar refractivity (Wildman–Crippen MR) is 121 cm³/mol. The van der Waals surface area contributed by atoms with Crippen molar-refractivity contribution in [1.29, 1.82) is 0 Å². The number of nitrogens with two attached hydrogens (primary N) is 1. The maximum Gasteiger partial charge on any atom is 0.249 e. The van der Waals surface area contributed by atoms with E-state index < -0.39 is 6.10 Å². The Morgan fingerprint density at radius 2 is 1.73 bits per heavy atom. The maximum absolute atomic E-state index is 12.7. The predicted octanol–water partition coefficient (Wildman–Crippen LogP) is -2.19. The number of nitrogens with zero attached hydrogens (tertiary/aromatic N) is 5. The Balaban J connectivity index is 1.27. The number of carbonyl (C=O) groups excluding carboxylic acids is 2. The first kappa shape index (κ1) is 23.3.